The SMILES string of the molecule is CCCCN(C(=O)c1cccc(F)c1NCCC)C1CC1. The zero-order valence-electron chi connectivity index (χ0n) is 13.0. The van der Waals surface area contributed by atoms with Gasteiger partial charge in [-0.15, -0.1) is 0 Å². The summed E-state index contributed by atoms with van der Waals surface area (Å²) in [5.74, 6) is -0.385. The van der Waals surface area contributed by atoms with Crippen molar-refractivity contribution in [1.29, 1.82) is 0 Å². The molecule has 1 aromatic rings. The second kappa shape index (κ2) is 7.43. The van der Waals surface area contributed by atoms with Crippen molar-refractivity contribution in [2.75, 3.05) is 18.4 Å². The minimum absolute atomic E-state index is 0.0379. The number of benzene rings is 1. The average molecular weight is 292 g/mol. The van der Waals surface area contributed by atoms with E-state index in [1.165, 1.54) is 6.07 Å². The van der Waals surface area contributed by atoms with Crippen LogP contribution in [0.4, 0.5) is 10.1 Å². The quantitative estimate of drug-likeness (QED) is 0.784. The Bertz CT molecular complexity index is 486. The van der Waals surface area contributed by atoms with Crippen LogP contribution in [0.15, 0.2) is 18.2 Å². The summed E-state index contributed by atoms with van der Waals surface area (Å²) in [4.78, 5) is 14.7. The first-order valence-electron chi connectivity index (χ1n) is 8.02. The van der Waals surface area contributed by atoms with E-state index in [4.69, 9.17) is 0 Å². The molecule has 0 atom stereocenters. The average Bonchev–Trinajstić information content (AvgIpc) is 3.30. The summed E-state index contributed by atoms with van der Waals surface area (Å²) in [5.41, 5.74) is 0.818. The number of unbranched alkanes of at least 4 members (excludes halogenated alkanes) is 1. The molecule has 1 saturated carbocycles. The lowest BCUT2D eigenvalue weighted by Crippen LogP contribution is -2.34. The summed E-state index contributed by atoms with van der Waals surface area (Å²) >= 11 is 0. The number of rotatable bonds is 8. The third-order valence-electron chi connectivity index (χ3n) is 3.80. The van der Waals surface area contributed by atoms with Crippen molar-refractivity contribution in [2.24, 2.45) is 0 Å². The van der Waals surface area contributed by atoms with Gasteiger partial charge >= 0.3 is 0 Å². The van der Waals surface area contributed by atoms with E-state index in [0.717, 1.165) is 38.6 Å². The van der Waals surface area contributed by atoms with Crippen molar-refractivity contribution in [3.05, 3.63) is 29.6 Å². The highest BCUT2D eigenvalue weighted by Crippen LogP contribution is 2.30. The fourth-order valence-electron chi connectivity index (χ4n) is 2.45. The number of carbonyl (C=O) groups excluding carboxylic acids is 1. The highest BCUT2D eigenvalue weighted by Gasteiger charge is 2.33. The van der Waals surface area contributed by atoms with Crippen molar-refractivity contribution in [3.8, 4) is 0 Å². The predicted octanol–water partition coefficient (Wildman–Crippen LogP) is 4.05. The normalized spacial score (nSPS) is 14.0. The molecule has 21 heavy (non-hydrogen) atoms. The van der Waals surface area contributed by atoms with Crippen molar-refractivity contribution >= 4 is 11.6 Å². The topological polar surface area (TPSA) is 32.3 Å². The third kappa shape index (κ3) is 3.96. The smallest absolute Gasteiger partial charge is 0.256 e. The molecule has 116 valence electrons. The van der Waals surface area contributed by atoms with Crippen molar-refractivity contribution in [3.63, 3.8) is 0 Å². The van der Waals surface area contributed by atoms with Crippen molar-refractivity contribution < 1.29 is 9.18 Å². The second-order valence-electron chi connectivity index (χ2n) is 5.67. The van der Waals surface area contributed by atoms with Gasteiger partial charge in [0, 0.05) is 19.1 Å². The molecule has 1 aliphatic rings. The Morgan fingerprint density at radius 3 is 2.71 bits per heavy atom. The van der Waals surface area contributed by atoms with Crippen LogP contribution >= 0.6 is 0 Å². The first-order valence-corrected chi connectivity index (χ1v) is 8.02. The van der Waals surface area contributed by atoms with Crippen molar-refractivity contribution in [2.45, 2.75) is 52.0 Å². The molecule has 3 nitrogen and oxygen atoms in total. The first-order chi connectivity index (χ1) is 10.2. The fourth-order valence-corrected chi connectivity index (χ4v) is 2.45. The van der Waals surface area contributed by atoms with Crippen LogP contribution in [0.25, 0.3) is 0 Å². The number of para-hydroxylation sites is 1. The van der Waals surface area contributed by atoms with Gasteiger partial charge in [0.05, 0.1) is 11.3 Å². The van der Waals surface area contributed by atoms with E-state index in [9.17, 15) is 9.18 Å². The number of nitrogens with one attached hydrogen (secondary N) is 1. The van der Waals surface area contributed by atoms with Crippen LogP contribution in [0.2, 0.25) is 0 Å². The van der Waals surface area contributed by atoms with Crippen LogP contribution in [0.3, 0.4) is 0 Å². The number of hydrogen-bond donors (Lipinski definition) is 1. The number of halogens is 1. The number of carbonyl (C=O) groups is 1. The van der Waals surface area contributed by atoms with Gasteiger partial charge in [0.15, 0.2) is 0 Å². The highest BCUT2D eigenvalue weighted by atomic mass is 19.1. The van der Waals surface area contributed by atoms with E-state index in [-0.39, 0.29) is 11.7 Å². The van der Waals surface area contributed by atoms with E-state index in [2.05, 4.69) is 12.2 Å². The molecule has 1 aliphatic carbocycles. The molecular formula is C17H25FN2O. The molecule has 0 saturated heterocycles. The van der Waals surface area contributed by atoms with Gasteiger partial charge < -0.3 is 10.2 Å². The molecule has 1 amide bonds. The molecule has 4 heteroatoms. The van der Waals surface area contributed by atoms with Crippen LogP contribution < -0.4 is 5.32 Å². The monoisotopic (exact) mass is 292 g/mol. The Labute approximate surface area is 126 Å². The maximum absolute atomic E-state index is 14.0. The van der Waals surface area contributed by atoms with Gasteiger partial charge in [-0.1, -0.05) is 26.3 Å². The van der Waals surface area contributed by atoms with Gasteiger partial charge in [-0.2, -0.15) is 0 Å². The highest BCUT2D eigenvalue weighted by molar-refractivity contribution is 6.00. The maximum Gasteiger partial charge on any atom is 0.256 e. The number of anilines is 1. The van der Waals surface area contributed by atoms with Crippen LogP contribution in [-0.2, 0) is 0 Å². The summed E-state index contributed by atoms with van der Waals surface area (Å²) < 4.78 is 14.0. The zero-order chi connectivity index (χ0) is 15.2. The molecule has 0 radical (unpaired) electrons. The Balaban J connectivity index is 2.21. The summed E-state index contributed by atoms with van der Waals surface area (Å²) in [6.07, 6.45) is 5.09. The zero-order valence-corrected chi connectivity index (χ0v) is 13.0. The number of nitrogens with zero attached hydrogens (tertiary/aromatic N) is 1. The van der Waals surface area contributed by atoms with Gasteiger partial charge in [0.25, 0.3) is 5.91 Å². The third-order valence-corrected chi connectivity index (χ3v) is 3.80. The van der Waals surface area contributed by atoms with E-state index < -0.39 is 0 Å². The lowest BCUT2D eigenvalue weighted by atomic mass is 10.1. The van der Waals surface area contributed by atoms with Gasteiger partial charge in [-0.05, 0) is 37.8 Å². The van der Waals surface area contributed by atoms with Crippen LogP contribution in [-0.4, -0.2) is 29.9 Å². The Hall–Kier alpha value is -1.58. The standard InChI is InChI=1S/C17H25FN2O/c1-3-5-12-20(13-9-10-13)17(21)14-7-6-8-15(18)16(14)19-11-4-2/h6-8,13,19H,3-5,9-12H2,1-2H3. The molecule has 0 aliphatic heterocycles. The van der Waals surface area contributed by atoms with Crippen molar-refractivity contribution in [1.82, 2.24) is 4.90 Å². The Morgan fingerprint density at radius 2 is 2.10 bits per heavy atom. The summed E-state index contributed by atoms with van der Waals surface area (Å²) in [7, 11) is 0. The minimum Gasteiger partial charge on any atom is -0.382 e. The van der Waals surface area contributed by atoms with Crippen LogP contribution in [0.5, 0.6) is 0 Å². The molecule has 0 heterocycles. The molecule has 0 spiro atoms. The van der Waals surface area contributed by atoms with Gasteiger partial charge in [0.1, 0.15) is 5.82 Å². The first kappa shape index (κ1) is 15.8. The molecule has 1 N–H and O–H groups in total. The maximum atomic E-state index is 14.0. The summed E-state index contributed by atoms with van der Waals surface area (Å²) in [6, 6.07) is 5.10. The van der Waals surface area contributed by atoms with E-state index in [1.54, 1.807) is 12.1 Å². The molecule has 1 fully saturated rings. The van der Waals surface area contributed by atoms with Gasteiger partial charge in [0.2, 0.25) is 0 Å². The number of amides is 1. The number of hydrogen-bond acceptors (Lipinski definition) is 2. The molecule has 1 aromatic carbocycles. The van der Waals surface area contributed by atoms with E-state index in [1.807, 2.05) is 11.8 Å². The molecule has 0 aromatic heterocycles. The van der Waals surface area contributed by atoms with E-state index in [0.29, 0.717) is 23.8 Å². The van der Waals surface area contributed by atoms with Gasteiger partial charge in [-0.25, -0.2) is 4.39 Å². The minimum atomic E-state index is -0.347. The summed E-state index contributed by atoms with van der Waals surface area (Å²) in [5, 5.41) is 3.06. The largest absolute Gasteiger partial charge is 0.382 e. The molecule has 0 unspecified atom stereocenters. The predicted molar refractivity (Wildman–Crippen MR) is 84.1 cm³/mol. The fraction of sp³-hybridized carbons (Fsp3) is 0.588. The molecule has 0 bridgehead atoms. The Kier molecular flexibility index (Phi) is 5.59. The van der Waals surface area contributed by atoms with Crippen LogP contribution in [0.1, 0.15) is 56.3 Å². The lowest BCUT2D eigenvalue weighted by Gasteiger charge is -2.24. The summed E-state index contributed by atoms with van der Waals surface area (Å²) in [6.45, 7) is 5.57. The van der Waals surface area contributed by atoms with Crippen LogP contribution in [0, 0.1) is 5.82 Å². The second-order valence-corrected chi connectivity index (χ2v) is 5.67. The lowest BCUT2D eigenvalue weighted by molar-refractivity contribution is 0.0741. The molecule has 2 rings (SSSR count). The molecular weight excluding hydrogens is 267 g/mol. The Morgan fingerprint density at radius 1 is 1.33 bits per heavy atom. The van der Waals surface area contributed by atoms with Gasteiger partial charge in [-0.3, -0.25) is 4.79 Å². The van der Waals surface area contributed by atoms with E-state index >= 15 is 0 Å².